The molecule has 3 heterocycles. The summed E-state index contributed by atoms with van der Waals surface area (Å²) in [7, 11) is 2.00. The molecule has 8 heteroatoms. The molecule has 1 amide bonds. The molecule has 1 saturated heterocycles. The molecular weight excluding hydrogens is 272 g/mol. The normalized spacial score (nSPS) is 20.0. The Hall–Kier alpha value is -2.22. The SMILES string of the molecule is Cc1noc([C@@H]2CN(C(=O)c3cn[nH]c3C)CCN2C)n1. The Morgan fingerprint density at radius 3 is 2.86 bits per heavy atom. The van der Waals surface area contributed by atoms with Crippen LogP contribution in [0.25, 0.3) is 0 Å². The van der Waals surface area contributed by atoms with E-state index >= 15 is 0 Å². The molecule has 8 nitrogen and oxygen atoms in total. The lowest BCUT2D eigenvalue weighted by Gasteiger charge is -2.37. The molecule has 21 heavy (non-hydrogen) atoms. The van der Waals surface area contributed by atoms with Gasteiger partial charge in [-0.3, -0.25) is 14.8 Å². The Kier molecular flexibility index (Phi) is 3.46. The lowest BCUT2D eigenvalue weighted by atomic mass is 10.1. The van der Waals surface area contributed by atoms with E-state index in [9.17, 15) is 4.79 Å². The summed E-state index contributed by atoms with van der Waals surface area (Å²) in [5.41, 5.74) is 1.39. The molecule has 0 unspecified atom stereocenters. The van der Waals surface area contributed by atoms with Crippen LogP contribution in [-0.2, 0) is 0 Å². The van der Waals surface area contributed by atoms with Gasteiger partial charge in [0.05, 0.1) is 11.8 Å². The van der Waals surface area contributed by atoms with Crippen molar-refractivity contribution < 1.29 is 9.32 Å². The second-order valence-corrected chi connectivity index (χ2v) is 5.34. The van der Waals surface area contributed by atoms with Gasteiger partial charge in [0, 0.05) is 25.3 Å². The Balaban J connectivity index is 1.80. The summed E-state index contributed by atoms with van der Waals surface area (Å²) in [6.45, 7) is 5.59. The molecule has 2 aromatic heterocycles. The van der Waals surface area contributed by atoms with Crippen molar-refractivity contribution in [3.05, 3.63) is 29.2 Å². The topological polar surface area (TPSA) is 91.2 Å². The molecule has 0 radical (unpaired) electrons. The summed E-state index contributed by atoms with van der Waals surface area (Å²) in [5.74, 6) is 1.14. The number of rotatable bonds is 2. The average Bonchev–Trinajstić information content (AvgIpc) is 3.07. The highest BCUT2D eigenvalue weighted by Gasteiger charge is 2.33. The van der Waals surface area contributed by atoms with E-state index < -0.39 is 0 Å². The van der Waals surface area contributed by atoms with Crippen LogP contribution in [0.4, 0.5) is 0 Å². The van der Waals surface area contributed by atoms with Crippen molar-refractivity contribution in [1.82, 2.24) is 30.1 Å². The number of aromatic amines is 1. The van der Waals surface area contributed by atoms with Crippen molar-refractivity contribution in [2.24, 2.45) is 0 Å². The molecule has 1 aliphatic heterocycles. The van der Waals surface area contributed by atoms with Crippen LogP contribution < -0.4 is 0 Å². The standard InChI is InChI=1S/C13H18N6O2/c1-8-10(6-14-16-8)13(20)19-5-4-18(3)11(7-19)12-15-9(2)17-21-12/h6,11H,4-5,7H2,1-3H3,(H,14,16)/t11-/m0/s1. The van der Waals surface area contributed by atoms with Crippen LogP contribution in [0.5, 0.6) is 0 Å². The molecule has 1 atom stereocenters. The number of nitrogens with zero attached hydrogens (tertiary/aromatic N) is 5. The highest BCUT2D eigenvalue weighted by atomic mass is 16.5. The molecule has 1 fully saturated rings. The van der Waals surface area contributed by atoms with Gasteiger partial charge in [0.25, 0.3) is 5.91 Å². The van der Waals surface area contributed by atoms with Crippen molar-refractivity contribution in [1.29, 1.82) is 0 Å². The fourth-order valence-electron chi connectivity index (χ4n) is 2.51. The molecule has 0 spiro atoms. The Morgan fingerprint density at radius 1 is 1.43 bits per heavy atom. The van der Waals surface area contributed by atoms with Crippen LogP contribution in [0.1, 0.15) is 33.8 Å². The van der Waals surface area contributed by atoms with E-state index in [1.54, 1.807) is 13.1 Å². The van der Waals surface area contributed by atoms with Gasteiger partial charge in [-0.15, -0.1) is 0 Å². The van der Waals surface area contributed by atoms with Gasteiger partial charge in [-0.05, 0) is 20.9 Å². The molecule has 112 valence electrons. The van der Waals surface area contributed by atoms with Gasteiger partial charge in [0.1, 0.15) is 6.04 Å². The van der Waals surface area contributed by atoms with Crippen LogP contribution in [0.2, 0.25) is 0 Å². The van der Waals surface area contributed by atoms with Crippen LogP contribution >= 0.6 is 0 Å². The van der Waals surface area contributed by atoms with Crippen molar-refractivity contribution in [3.63, 3.8) is 0 Å². The largest absolute Gasteiger partial charge is 0.338 e. The number of H-pyrrole nitrogens is 1. The van der Waals surface area contributed by atoms with E-state index in [2.05, 4.69) is 25.2 Å². The fourth-order valence-corrected chi connectivity index (χ4v) is 2.51. The number of likely N-dealkylation sites (N-methyl/N-ethyl adjacent to an activating group) is 1. The Labute approximate surface area is 122 Å². The third kappa shape index (κ3) is 2.54. The second-order valence-electron chi connectivity index (χ2n) is 5.34. The molecule has 2 aromatic rings. The predicted molar refractivity (Wildman–Crippen MR) is 73.6 cm³/mol. The summed E-state index contributed by atoms with van der Waals surface area (Å²) in [5, 5.41) is 10.5. The number of carbonyl (C=O) groups is 1. The van der Waals surface area contributed by atoms with E-state index in [4.69, 9.17) is 4.52 Å². The molecule has 3 rings (SSSR count). The maximum Gasteiger partial charge on any atom is 0.257 e. The summed E-state index contributed by atoms with van der Waals surface area (Å²) >= 11 is 0. The monoisotopic (exact) mass is 290 g/mol. The number of hydrogen-bond donors (Lipinski definition) is 1. The van der Waals surface area contributed by atoms with Crippen molar-refractivity contribution in [2.45, 2.75) is 19.9 Å². The van der Waals surface area contributed by atoms with Gasteiger partial charge in [-0.25, -0.2) is 0 Å². The van der Waals surface area contributed by atoms with Crippen LogP contribution in [0.3, 0.4) is 0 Å². The van der Waals surface area contributed by atoms with E-state index in [-0.39, 0.29) is 11.9 Å². The second kappa shape index (κ2) is 5.28. The van der Waals surface area contributed by atoms with Crippen LogP contribution in [-0.4, -0.2) is 62.7 Å². The molecule has 1 aliphatic rings. The number of nitrogens with one attached hydrogen (secondary N) is 1. The number of amides is 1. The quantitative estimate of drug-likeness (QED) is 0.868. The first-order chi connectivity index (χ1) is 10.1. The molecule has 1 N–H and O–H groups in total. The van der Waals surface area contributed by atoms with Crippen LogP contribution in [0.15, 0.2) is 10.7 Å². The number of piperazine rings is 1. The lowest BCUT2D eigenvalue weighted by Crippen LogP contribution is -2.49. The van der Waals surface area contributed by atoms with Gasteiger partial charge in [-0.2, -0.15) is 10.1 Å². The van der Waals surface area contributed by atoms with Crippen LogP contribution in [0, 0.1) is 13.8 Å². The van der Waals surface area contributed by atoms with Crippen molar-refractivity contribution in [2.75, 3.05) is 26.7 Å². The minimum Gasteiger partial charge on any atom is -0.338 e. The molecule has 0 bridgehead atoms. The summed E-state index contributed by atoms with van der Waals surface area (Å²) < 4.78 is 5.26. The minimum absolute atomic E-state index is 0.0180. The van der Waals surface area contributed by atoms with Gasteiger partial charge < -0.3 is 9.42 Å². The number of carbonyl (C=O) groups excluding carboxylic acids is 1. The van der Waals surface area contributed by atoms with E-state index in [1.165, 1.54) is 0 Å². The maximum absolute atomic E-state index is 12.6. The van der Waals surface area contributed by atoms with Crippen molar-refractivity contribution >= 4 is 5.91 Å². The van der Waals surface area contributed by atoms with Gasteiger partial charge in [0.2, 0.25) is 5.89 Å². The highest BCUT2D eigenvalue weighted by Crippen LogP contribution is 2.24. The maximum atomic E-state index is 12.6. The van der Waals surface area contributed by atoms with Gasteiger partial charge in [0.15, 0.2) is 5.82 Å². The van der Waals surface area contributed by atoms with E-state index in [0.29, 0.717) is 30.4 Å². The first-order valence-corrected chi connectivity index (χ1v) is 6.86. The smallest absolute Gasteiger partial charge is 0.257 e. The Morgan fingerprint density at radius 2 is 2.24 bits per heavy atom. The number of hydrogen-bond acceptors (Lipinski definition) is 6. The molecule has 0 aliphatic carbocycles. The number of aryl methyl sites for hydroxylation is 2. The zero-order valence-electron chi connectivity index (χ0n) is 12.3. The van der Waals surface area contributed by atoms with Crippen molar-refractivity contribution in [3.8, 4) is 0 Å². The van der Waals surface area contributed by atoms with Gasteiger partial charge >= 0.3 is 0 Å². The number of aromatic nitrogens is 4. The Bertz CT molecular complexity index is 649. The summed E-state index contributed by atoms with van der Waals surface area (Å²) in [4.78, 5) is 20.8. The first kappa shape index (κ1) is 13.7. The highest BCUT2D eigenvalue weighted by molar-refractivity contribution is 5.95. The van der Waals surface area contributed by atoms with E-state index in [0.717, 1.165) is 12.2 Å². The zero-order chi connectivity index (χ0) is 15.0. The summed E-state index contributed by atoms with van der Waals surface area (Å²) in [6, 6.07) is -0.0730. The average molecular weight is 290 g/mol. The fraction of sp³-hybridized carbons (Fsp3) is 0.538. The third-order valence-corrected chi connectivity index (χ3v) is 3.82. The van der Waals surface area contributed by atoms with E-state index in [1.807, 2.05) is 18.9 Å². The molecule has 0 saturated carbocycles. The lowest BCUT2D eigenvalue weighted by molar-refractivity contribution is 0.0488. The minimum atomic E-state index is -0.0730. The predicted octanol–water partition coefficient (Wildman–Crippen LogP) is 0.538. The first-order valence-electron chi connectivity index (χ1n) is 6.86. The molecular formula is C13H18N6O2. The zero-order valence-corrected chi connectivity index (χ0v) is 12.3. The third-order valence-electron chi connectivity index (χ3n) is 3.82. The molecule has 0 aromatic carbocycles. The van der Waals surface area contributed by atoms with Gasteiger partial charge in [-0.1, -0.05) is 5.16 Å². The summed E-state index contributed by atoms with van der Waals surface area (Å²) in [6.07, 6.45) is 1.57.